The van der Waals surface area contributed by atoms with Crippen LogP contribution >= 0.6 is 0 Å². The van der Waals surface area contributed by atoms with Crippen LogP contribution in [0.4, 0.5) is 0 Å². The number of hydrogen-bond acceptors (Lipinski definition) is 4. The first-order valence-corrected chi connectivity index (χ1v) is 5.84. The van der Waals surface area contributed by atoms with Gasteiger partial charge in [0, 0.05) is 13.6 Å². The molecule has 1 N–H and O–H groups in total. The second-order valence-electron chi connectivity index (χ2n) is 4.29. The van der Waals surface area contributed by atoms with Crippen LogP contribution in [0, 0.1) is 0 Å². The number of aliphatic carboxylic acids is 1. The van der Waals surface area contributed by atoms with Crippen molar-refractivity contribution in [3.63, 3.8) is 0 Å². The Balaban J connectivity index is 1.94. The van der Waals surface area contributed by atoms with Crippen molar-refractivity contribution in [2.75, 3.05) is 13.6 Å². The molecule has 1 amide bonds. The number of rotatable bonds is 5. The largest absolute Gasteiger partial charge is 0.481 e. The van der Waals surface area contributed by atoms with E-state index in [2.05, 4.69) is 4.98 Å². The quantitative estimate of drug-likeness (QED) is 0.821. The van der Waals surface area contributed by atoms with Crippen LogP contribution in [0.3, 0.4) is 0 Å². The zero-order chi connectivity index (χ0) is 13.8. The van der Waals surface area contributed by atoms with Gasteiger partial charge in [0.25, 0.3) is 0 Å². The first kappa shape index (κ1) is 13.1. The Hall–Kier alpha value is -2.37. The number of carboxylic acid groups (broad SMARTS) is 1. The summed E-state index contributed by atoms with van der Waals surface area (Å²) >= 11 is 0. The summed E-state index contributed by atoms with van der Waals surface area (Å²) in [6.45, 7) is 0.464. The Labute approximate surface area is 109 Å². The SMILES string of the molecule is CN(CCc1ccc2ncoc2c1)C(=O)CC(=O)O. The molecule has 0 aliphatic rings. The topological polar surface area (TPSA) is 83.6 Å². The molecule has 0 aliphatic carbocycles. The highest BCUT2D eigenvalue weighted by molar-refractivity contribution is 5.93. The van der Waals surface area contributed by atoms with Gasteiger partial charge in [-0.2, -0.15) is 0 Å². The third-order valence-corrected chi connectivity index (χ3v) is 2.86. The molecular formula is C13H14N2O4. The van der Waals surface area contributed by atoms with Gasteiger partial charge in [-0.05, 0) is 24.1 Å². The molecule has 0 bridgehead atoms. The van der Waals surface area contributed by atoms with Crippen molar-refractivity contribution in [1.29, 1.82) is 0 Å². The van der Waals surface area contributed by atoms with Crippen molar-refractivity contribution in [2.45, 2.75) is 12.8 Å². The maximum absolute atomic E-state index is 11.5. The second kappa shape index (κ2) is 5.51. The van der Waals surface area contributed by atoms with E-state index in [-0.39, 0.29) is 0 Å². The standard InChI is InChI=1S/C13H14N2O4/c1-15(12(16)7-13(17)18)5-4-9-2-3-10-11(6-9)19-8-14-10/h2-3,6,8H,4-5,7H2,1H3,(H,17,18). The Morgan fingerprint density at radius 3 is 2.95 bits per heavy atom. The highest BCUT2D eigenvalue weighted by atomic mass is 16.4. The van der Waals surface area contributed by atoms with Gasteiger partial charge in [-0.15, -0.1) is 0 Å². The molecule has 1 heterocycles. The van der Waals surface area contributed by atoms with Gasteiger partial charge in [-0.25, -0.2) is 4.98 Å². The number of amides is 1. The number of oxazole rings is 1. The fraction of sp³-hybridized carbons (Fsp3) is 0.308. The maximum Gasteiger partial charge on any atom is 0.312 e. The molecule has 0 saturated carbocycles. The van der Waals surface area contributed by atoms with Gasteiger partial charge in [-0.1, -0.05) is 6.07 Å². The van der Waals surface area contributed by atoms with Crippen molar-refractivity contribution in [1.82, 2.24) is 9.88 Å². The lowest BCUT2D eigenvalue weighted by Gasteiger charge is -2.15. The van der Waals surface area contributed by atoms with E-state index in [4.69, 9.17) is 9.52 Å². The van der Waals surface area contributed by atoms with E-state index in [1.54, 1.807) is 7.05 Å². The highest BCUT2D eigenvalue weighted by Gasteiger charge is 2.12. The van der Waals surface area contributed by atoms with Crippen molar-refractivity contribution in [2.24, 2.45) is 0 Å². The molecule has 0 aliphatic heterocycles. The number of benzene rings is 1. The Bertz CT molecular complexity index is 605. The lowest BCUT2D eigenvalue weighted by molar-refractivity contribution is -0.143. The monoisotopic (exact) mass is 262 g/mol. The van der Waals surface area contributed by atoms with Gasteiger partial charge in [0.05, 0.1) is 0 Å². The van der Waals surface area contributed by atoms with Crippen LogP contribution in [0.15, 0.2) is 29.0 Å². The minimum absolute atomic E-state index is 0.395. The Morgan fingerprint density at radius 1 is 1.42 bits per heavy atom. The molecule has 0 radical (unpaired) electrons. The molecule has 0 fully saturated rings. The summed E-state index contributed by atoms with van der Waals surface area (Å²) in [7, 11) is 1.60. The third kappa shape index (κ3) is 3.31. The first-order valence-electron chi connectivity index (χ1n) is 5.84. The summed E-state index contributed by atoms with van der Waals surface area (Å²) in [6.07, 6.45) is 1.55. The van der Waals surface area contributed by atoms with E-state index >= 15 is 0 Å². The Morgan fingerprint density at radius 2 is 2.21 bits per heavy atom. The molecule has 6 heteroatoms. The number of carbonyl (C=O) groups is 2. The fourth-order valence-corrected chi connectivity index (χ4v) is 1.74. The summed E-state index contributed by atoms with van der Waals surface area (Å²) in [5, 5.41) is 8.55. The van der Waals surface area contributed by atoms with Gasteiger partial charge in [0.1, 0.15) is 11.9 Å². The summed E-state index contributed by atoms with van der Waals surface area (Å²) < 4.78 is 5.20. The number of likely N-dealkylation sites (N-methyl/N-ethyl adjacent to an activating group) is 1. The number of fused-ring (bicyclic) bond motifs is 1. The molecule has 0 atom stereocenters. The van der Waals surface area contributed by atoms with Crippen LogP contribution in [-0.2, 0) is 16.0 Å². The van der Waals surface area contributed by atoms with Crippen molar-refractivity contribution in [3.05, 3.63) is 30.2 Å². The number of hydrogen-bond donors (Lipinski definition) is 1. The van der Waals surface area contributed by atoms with Crippen LogP contribution in [0.25, 0.3) is 11.1 Å². The predicted molar refractivity (Wildman–Crippen MR) is 67.6 cm³/mol. The van der Waals surface area contributed by atoms with Gasteiger partial charge in [0.15, 0.2) is 12.0 Å². The molecule has 1 aromatic heterocycles. The van der Waals surface area contributed by atoms with E-state index in [0.717, 1.165) is 11.1 Å². The number of nitrogens with zero attached hydrogens (tertiary/aromatic N) is 2. The van der Waals surface area contributed by atoms with E-state index in [0.29, 0.717) is 18.5 Å². The minimum atomic E-state index is -1.11. The van der Waals surface area contributed by atoms with Crippen molar-refractivity contribution < 1.29 is 19.1 Å². The molecule has 6 nitrogen and oxygen atoms in total. The van der Waals surface area contributed by atoms with Crippen LogP contribution in [0.1, 0.15) is 12.0 Å². The summed E-state index contributed by atoms with van der Waals surface area (Å²) in [4.78, 5) is 27.3. The van der Waals surface area contributed by atoms with Gasteiger partial charge in [0.2, 0.25) is 5.91 Å². The smallest absolute Gasteiger partial charge is 0.312 e. The molecule has 0 saturated heterocycles. The summed E-state index contributed by atoms with van der Waals surface area (Å²) in [5.74, 6) is -1.51. The van der Waals surface area contributed by atoms with Crippen LogP contribution in [0.5, 0.6) is 0 Å². The average molecular weight is 262 g/mol. The zero-order valence-corrected chi connectivity index (χ0v) is 10.5. The highest BCUT2D eigenvalue weighted by Crippen LogP contribution is 2.14. The molecule has 0 unspecified atom stereocenters. The predicted octanol–water partition coefficient (Wildman–Crippen LogP) is 1.30. The molecule has 1 aromatic carbocycles. The van der Waals surface area contributed by atoms with Gasteiger partial charge >= 0.3 is 5.97 Å². The third-order valence-electron chi connectivity index (χ3n) is 2.86. The lowest BCUT2D eigenvalue weighted by atomic mass is 10.1. The maximum atomic E-state index is 11.5. The molecule has 19 heavy (non-hydrogen) atoms. The van der Waals surface area contributed by atoms with Crippen molar-refractivity contribution >= 4 is 23.0 Å². The first-order chi connectivity index (χ1) is 9.06. The van der Waals surface area contributed by atoms with E-state index in [1.807, 2.05) is 18.2 Å². The van der Waals surface area contributed by atoms with Crippen LogP contribution < -0.4 is 0 Å². The van der Waals surface area contributed by atoms with Gasteiger partial charge in [-0.3, -0.25) is 9.59 Å². The van der Waals surface area contributed by atoms with E-state index < -0.39 is 18.3 Å². The molecule has 0 spiro atoms. The fourth-order valence-electron chi connectivity index (χ4n) is 1.74. The van der Waals surface area contributed by atoms with Crippen LogP contribution in [0.2, 0.25) is 0 Å². The normalized spacial score (nSPS) is 10.6. The molecule has 100 valence electrons. The Kier molecular flexibility index (Phi) is 3.79. The molecule has 2 aromatic rings. The molecular weight excluding hydrogens is 248 g/mol. The van der Waals surface area contributed by atoms with Crippen LogP contribution in [-0.4, -0.2) is 40.5 Å². The number of carboxylic acids is 1. The van der Waals surface area contributed by atoms with E-state index in [9.17, 15) is 9.59 Å². The second-order valence-corrected chi connectivity index (χ2v) is 4.29. The summed E-state index contributed by atoms with van der Waals surface area (Å²) in [5.41, 5.74) is 2.51. The molecule has 2 rings (SSSR count). The number of carbonyl (C=O) groups excluding carboxylic acids is 1. The average Bonchev–Trinajstić information content (AvgIpc) is 2.82. The minimum Gasteiger partial charge on any atom is -0.481 e. The van der Waals surface area contributed by atoms with E-state index in [1.165, 1.54) is 11.3 Å². The lowest BCUT2D eigenvalue weighted by Crippen LogP contribution is -2.30. The summed E-state index contributed by atoms with van der Waals surface area (Å²) in [6, 6.07) is 5.64. The number of aromatic nitrogens is 1. The van der Waals surface area contributed by atoms with Gasteiger partial charge < -0.3 is 14.4 Å². The zero-order valence-electron chi connectivity index (χ0n) is 10.5. The van der Waals surface area contributed by atoms with Crippen molar-refractivity contribution in [3.8, 4) is 0 Å².